The first kappa shape index (κ1) is 102. The van der Waals surface area contributed by atoms with Gasteiger partial charge in [0.1, 0.15) is 25.4 Å². The number of hydrogen-bond acceptors (Lipinski definition) is 14. The average Bonchev–Trinajstić information content (AvgIpc) is 0.907. The average molecular weight is 1530 g/mol. The van der Waals surface area contributed by atoms with Gasteiger partial charge in [0.05, 0.1) is 26.4 Å². The van der Waals surface area contributed by atoms with Crippen LogP contribution in [0.3, 0.4) is 0 Å². The van der Waals surface area contributed by atoms with Crippen molar-refractivity contribution in [2.45, 2.75) is 322 Å². The lowest BCUT2D eigenvalue weighted by atomic mass is 10.0. The van der Waals surface area contributed by atoms with Crippen molar-refractivity contribution in [3.8, 4) is 0 Å². The highest BCUT2D eigenvalue weighted by atomic mass is 31.2. The first-order chi connectivity index (χ1) is 52.2. The summed E-state index contributed by atoms with van der Waals surface area (Å²) in [6.07, 6.45) is 104. The maximum Gasteiger partial charge on any atom is 0.472 e. The number of ether oxygens (including phenoxy) is 3. The smallest absolute Gasteiger partial charge is 0.463 e. The molecule has 0 radical (unpaired) electrons. The van der Waals surface area contributed by atoms with Gasteiger partial charge in [-0.1, -0.05) is 319 Å². The van der Waals surface area contributed by atoms with Crippen LogP contribution in [0.5, 0.6) is 0 Å². The molecule has 0 heterocycles. The maximum atomic E-state index is 13.0. The van der Waals surface area contributed by atoms with Crippen LogP contribution in [-0.4, -0.2) is 95.9 Å². The molecular weight excluding hydrogens is 1390 g/mol. The molecular formula is C89H146O16P2. The standard InChI is InChI=1S/C89H146O16P2/c1-4-7-10-13-16-19-22-25-28-31-34-35-36-37-38-39-40-41-42-43-44-45-46-47-50-52-54-57-60-63-66-69-72-75-87(92)99-78-84(90)79-101-106(95,96)102-80-85(91)81-103-107(97,98)104-83-86(105-89(94)77-74-71-68-65-62-59-56-53-49-33-30-27-24-21-18-15-12-9-6-3)82-100-88(93)76-73-70-67-64-61-58-55-51-48-32-29-26-23-20-17-14-11-8-5-2/h7-8,10-11,16-21,25-30,34-35,37-38,40-41,48-49,51,53,58,61,67,70,84-86,90-91H,4-6,9,12-15,22-24,31-33,36,39,42-47,50,52,54-57,59-60,62-66,68-69,71-83H2,1-3H3,(H,95,96)(H,97,98)/b10-7-,11-8-,19-16-,20-17-,21-18-,28-25-,29-26-,30-27-,35-34-,38-37-,41-40-,51-48-,53-49-,61-58-,70-67-. The minimum absolute atomic E-state index is 0.0365. The summed E-state index contributed by atoms with van der Waals surface area (Å²) in [5.74, 6) is -1.70. The molecule has 0 saturated carbocycles. The summed E-state index contributed by atoms with van der Waals surface area (Å²) < 4.78 is 61.1. The van der Waals surface area contributed by atoms with Gasteiger partial charge in [0.2, 0.25) is 0 Å². The highest BCUT2D eigenvalue weighted by molar-refractivity contribution is 7.47. The summed E-state index contributed by atoms with van der Waals surface area (Å²) in [5, 5.41) is 20.7. The Hall–Kier alpha value is -5.35. The molecule has 0 aliphatic rings. The number of allylic oxidation sites excluding steroid dienone is 30. The number of esters is 3. The first-order valence-electron chi connectivity index (χ1n) is 41.1. The summed E-state index contributed by atoms with van der Waals surface area (Å²) in [5.41, 5.74) is 0. The molecule has 0 saturated heterocycles. The second kappa shape index (κ2) is 80.2. The van der Waals surface area contributed by atoms with Gasteiger partial charge in [-0.3, -0.25) is 32.5 Å². The van der Waals surface area contributed by atoms with Crippen molar-refractivity contribution in [1.29, 1.82) is 0 Å². The highest BCUT2D eigenvalue weighted by Gasteiger charge is 2.29. The van der Waals surface area contributed by atoms with Crippen LogP contribution < -0.4 is 0 Å². The normalized spacial score (nSPS) is 14.9. The van der Waals surface area contributed by atoms with Gasteiger partial charge in [-0.2, -0.15) is 0 Å². The lowest BCUT2D eigenvalue weighted by Crippen LogP contribution is -2.30. The van der Waals surface area contributed by atoms with Crippen LogP contribution in [0.25, 0.3) is 0 Å². The molecule has 0 spiro atoms. The number of unbranched alkanes of at least 4 members (excludes halogenated alkanes) is 23. The van der Waals surface area contributed by atoms with E-state index in [-0.39, 0.29) is 19.3 Å². The molecule has 0 bridgehead atoms. The highest BCUT2D eigenvalue weighted by Crippen LogP contribution is 2.45. The Morgan fingerprint density at radius 2 is 0.514 bits per heavy atom. The summed E-state index contributed by atoms with van der Waals surface area (Å²) in [6, 6.07) is 0. The number of phosphoric acid groups is 2. The van der Waals surface area contributed by atoms with Gasteiger partial charge in [-0.05, 0) is 148 Å². The first-order valence-corrected chi connectivity index (χ1v) is 44.1. The van der Waals surface area contributed by atoms with E-state index in [9.17, 15) is 43.5 Å². The monoisotopic (exact) mass is 1530 g/mol. The van der Waals surface area contributed by atoms with E-state index >= 15 is 0 Å². The van der Waals surface area contributed by atoms with Gasteiger partial charge in [0.15, 0.2) is 6.10 Å². The Kier molecular flexibility index (Phi) is 76.2. The fourth-order valence-electron chi connectivity index (χ4n) is 10.4. The van der Waals surface area contributed by atoms with Gasteiger partial charge in [0, 0.05) is 19.3 Å². The minimum atomic E-state index is -4.96. The van der Waals surface area contributed by atoms with Crippen LogP contribution in [0.4, 0.5) is 0 Å². The lowest BCUT2D eigenvalue weighted by Gasteiger charge is -2.21. The van der Waals surface area contributed by atoms with Crippen LogP contribution in [0.1, 0.15) is 303 Å². The zero-order valence-electron chi connectivity index (χ0n) is 66.5. The molecule has 0 amide bonds. The van der Waals surface area contributed by atoms with E-state index < -0.39 is 91.5 Å². The second-order valence-corrected chi connectivity index (χ2v) is 29.7. The number of aliphatic hydroxyl groups excluding tert-OH is 2. The Morgan fingerprint density at radius 3 is 0.841 bits per heavy atom. The predicted octanol–water partition coefficient (Wildman–Crippen LogP) is 24.5. The van der Waals surface area contributed by atoms with E-state index in [0.29, 0.717) is 25.7 Å². The molecule has 18 heteroatoms. The Morgan fingerprint density at radius 1 is 0.271 bits per heavy atom. The van der Waals surface area contributed by atoms with E-state index in [1.54, 1.807) is 0 Å². The van der Waals surface area contributed by atoms with Gasteiger partial charge in [-0.25, -0.2) is 9.13 Å². The molecule has 0 aliphatic carbocycles. The number of rotatable bonds is 76. The molecule has 0 aliphatic heterocycles. The number of phosphoric ester groups is 2. The SMILES string of the molecule is CC/C=C\C/C=C\C/C=C\C/C=C\C/C=C\C/C=C\CCCCCCCCCCCCCCCCC(=O)OCC(O)COP(=O)(O)OCC(O)COP(=O)(O)OCC(COC(=O)CC/C=C\C/C=C\C/C=C\C/C=C\C/C=C\C/C=C\CC)OC(=O)CCCCCCCC/C=C\C/C=C\C/C=C\CCCCC. The summed E-state index contributed by atoms with van der Waals surface area (Å²) in [6.45, 7) is 2.32. The van der Waals surface area contributed by atoms with Crippen LogP contribution in [0, 0.1) is 0 Å². The van der Waals surface area contributed by atoms with E-state index in [0.717, 1.165) is 154 Å². The fourth-order valence-corrected chi connectivity index (χ4v) is 12.0. The zero-order valence-corrected chi connectivity index (χ0v) is 68.3. The molecule has 0 aromatic heterocycles. The largest absolute Gasteiger partial charge is 0.472 e. The Balaban J connectivity index is 4.58. The van der Waals surface area contributed by atoms with E-state index in [1.807, 2.05) is 18.2 Å². The molecule has 0 aromatic carbocycles. The number of hydrogen-bond donors (Lipinski definition) is 4. The van der Waals surface area contributed by atoms with Crippen molar-refractivity contribution < 1.29 is 75.8 Å². The van der Waals surface area contributed by atoms with Gasteiger partial charge in [0.25, 0.3) is 0 Å². The molecule has 5 atom stereocenters. The summed E-state index contributed by atoms with van der Waals surface area (Å²) in [7, 11) is -9.83. The van der Waals surface area contributed by atoms with Crippen LogP contribution in [0.2, 0.25) is 0 Å². The van der Waals surface area contributed by atoms with Gasteiger partial charge >= 0.3 is 33.6 Å². The topological polar surface area (TPSA) is 231 Å². The molecule has 0 aromatic rings. The van der Waals surface area contributed by atoms with Gasteiger partial charge in [-0.15, -0.1) is 0 Å². The Bertz CT molecular complexity index is 2670. The summed E-state index contributed by atoms with van der Waals surface area (Å²) in [4.78, 5) is 58.7. The lowest BCUT2D eigenvalue weighted by molar-refractivity contribution is -0.161. The molecule has 107 heavy (non-hydrogen) atoms. The van der Waals surface area contributed by atoms with Crippen LogP contribution >= 0.6 is 15.6 Å². The number of carbonyl (C=O) groups is 3. The quantitative estimate of drug-likeness (QED) is 0.0146. The predicted molar refractivity (Wildman–Crippen MR) is 445 cm³/mol. The van der Waals surface area contributed by atoms with Crippen molar-refractivity contribution >= 4 is 33.6 Å². The second-order valence-electron chi connectivity index (χ2n) is 26.8. The van der Waals surface area contributed by atoms with Crippen molar-refractivity contribution in [2.24, 2.45) is 0 Å². The third kappa shape index (κ3) is 81.5. The van der Waals surface area contributed by atoms with Crippen molar-refractivity contribution in [3.63, 3.8) is 0 Å². The molecule has 608 valence electrons. The van der Waals surface area contributed by atoms with Gasteiger partial charge < -0.3 is 34.2 Å². The van der Waals surface area contributed by atoms with E-state index in [2.05, 4.69) is 185 Å². The summed E-state index contributed by atoms with van der Waals surface area (Å²) >= 11 is 0. The number of carbonyl (C=O) groups excluding carboxylic acids is 3. The Labute approximate surface area is 649 Å². The van der Waals surface area contributed by atoms with Crippen LogP contribution in [-0.2, 0) is 55.8 Å². The van der Waals surface area contributed by atoms with Crippen LogP contribution in [0.15, 0.2) is 182 Å². The fraction of sp³-hybridized carbons (Fsp3) is 0.629. The van der Waals surface area contributed by atoms with Crippen molar-refractivity contribution in [2.75, 3.05) is 39.6 Å². The van der Waals surface area contributed by atoms with E-state index in [4.69, 9.17) is 32.3 Å². The molecule has 4 N–H and O–H groups in total. The maximum absolute atomic E-state index is 13.0. The number of aliphatic hydroxyl groups is 2. The minimum Gasteiger partial charge on any atom is -0.463 e. The third-order valence-corrected chi connectivity index (χ3v) is 18.5. The van der Waals surface area contributed by atoms with Crippen molar-refractivity contribution in [1.82, 2.24) is 0 Å². The molecule has 0 fully saturated rings. The zero-order chi connectivity index (χ0) is 78.0. The third-order valence-electron chi connectivity index (χ3n) is 16.6. The molecule has 5 unspecified atom stereocenters. The molecule has 16 nitrogen and oxygen atoms in total. The molecule has 0 rings (SSSR count). The van der Waals surface area contributed by atoms with E-state index in [1.165, 1.54) is 83.5 Å². The van der Waals surface area contributed by atoms with Crippen molar-refractivity contribution in [3.05, 3.63) is 182 Å².